The minimum Gasteiger partial charge on any atom is -0.497 e. The Morgan fingerprint density at radius 2 is 0.988 bits per heavy atom. The van der Waals surface area contributed by atoms with Crippen molar-refractivity contribution in [1.82, 2.24) is 0 Å². The van der Waals surface area contributed by atoms with Crippen molar-refractivity contribution in [1.29, 1.82) is 0 Å². The predicted molar refractivity (Wildman–Crippen MR) is 325 cm³/mol. The first-order valence-electron chi connectivity index (χ1n) is 28.6. The second kappa shape index (κ2) is 29.5. The molecule has 2 aliphatic rings. The van der Waals surface area contributed by atoms with E-state index in [1.807, 2.05) is 166 Å². The molecule has 0 spiro atoms. The lowest BCUT2D eigenvalue weighted by molar-refractivity contribution is -0.349. The number of carbonyl (C=O) groups excluding carboxylic acids is 2. The summed E-state index contributed by atoms with van der Waals surface area (Å²) in [5.41, 5.74) is 3.98. The Balaban J connectivity index is 1.17. The number of rotatable bonds is 26. The third-order valence-electron chi connectivity index (χ3n) is 15.2. The third kappa shape index (κ3) is 16.1. The van der Waals surface area contributed by atoms with E-state index in [0.29, 0.717) is 12.4 Å². The van der Waals surface area contributed by atoms with Gasteiger partial charge in [0.2, 0.25) is 0 Å². The molecule has 83 heavy (non-hydrogen) atoms. The van der Waals surface area contributed by atoms with E-state index in [1.165, 1.54) is 18.7 Å². The molecule has 2 heterocycles. The summed E-state index contributed by atoms with van der Waals surface area (Å²) in [4.78, 5) is 27.9. The number of ether oxygens (including phenoxy) is 9. The molecule has 0 unspecified atom stereocenters. The SMILES string of the molecule is COc1ccc(CO[C@H]2[C@@H](OC(=O)CCC(C)=O)[C@@H](CO[Si](c3ccccc3)(c3ccccc3)C(C)(C)C)O[C@@H](Sc3ccc(C)cc3)[C@@H]2O[C@@H]2O[C@@H](C)[C@@H](OCc3ccccc3)[C@@H](OCc3ccccc3)[C@@H]2OCc2ccccc2)cc1. The monoisotopic (exact) mass is 1160 g/mol. The summed E-state index contributed by atoms with van der Waals surface area (Å²) >= 11 is 1.47. The van der Waals surface area contributed by atoms with E-state index in [2.05, 4.69) is 69.3 Å². The van der Waals surface area contributed by atoms with Gasteiger partial charge in [0.1, 0.15) is 53.6 Å². The minimum atomic E-state index is -3.24. The number of thioether (sulfide) groups is 1. The Morgan fingerprint density at radius 1 is 0.530 bits per heavy atom. The van der Waals surface area contributed by atoms with Gasteiger partial charge < -0.3 is 51.9 Å². The van der Waals surface area contributed by atoms with Crippen LogP contribution in [-0.4, -0.2) is 94.3 Å². The highest BCUT2D eigenvalue weighted by Crippen LogP contribution is 2.43. The summed E-state index contributed by atoms with van der Waals surface area (Å²) in [6.07, 6.45) is -8.34. The Hall–Kier alpha value is -6.27. The molecular formula is C69H78O12SSi. The van der Waals surface area contributed by atoms with Crippen molar-refractivity contribution in [2.24, 2.45) is 0 Å². The Morgan fingerprint density at radius 3 is 1.47 bits per heavy atom. The number of benzene rings is 7. The first-order valence-corrected chi connectivity index (χ1v) is 31.4. The van der Waals surface area contributed by atoms with Gasteiger partial charge in [-0.25, -0.2) is 0 Å². The minimum absolute atomic E-state index is 0.00633. The molecule has 0 N–H and O–H groups in total. The maximum atomic E-state index is 14.5. The van der Waals surface area contributed by atoms with Gasteiger partial charge >= 0.3 is 5.97 Å². The first kappa shape index (κ1) is 61.3. The quantitative estimate of drug-likeness (QED) is 0.0377. The van der Waals surface area contributed by atoms with Gasteiger partial charge in [-0.05, 0) is 82.7 Å². The number of hydrogen-bond acceptors (Lipinski definition) is 13. The van der Waals surface area contributed by atoms with Crippen LogP contribution in [0.25, 0.3) is 0 Å². The molecule has 10 atom stereocenters. The molecule has 0 amide bonds. The Kier molecular flexibility index (Phi) is 21.8. The van der Waals surface area contributed by atoms with E-state index in [4.69, 9.17) is 47.1 Å². The van der Waals surface area contributed by atoms with Crippen molar-refractivity contribution in [3.05, 3.63) is 228 Å². The van der Waals surface area contributed by atoms with Crippen molar-refractivity contribution in [3.8, 4) is 5.75 Å². The van der Waals surface area contributed by atoms with Crippen LogP contribution in [0.3, 0.4) is 0 Å². The smallest absolute Gasteiger partial charge is 0.306 e. The molecule has 2 fully saturated rings. The van der Waals surface area contributed by atoms with Gasteiger partial charge in [-0.3, -0.25) is 4.79 Å². The van der Waals surface area contributed by atoms with Gasteiger partial charge in [0.05, 0.1) is 52.7 Å². The maximum absolute atomic E-state index is 14.5. The van der Waals surface area contributed by atoms with E-state index >= 15 is 0 Å². The number of esters is 1. The van der Waals surface area contributed by atoms with Crippen LogP contribution in [-0.2, 0) is 78.3 Å². The average Bonchev–Trinajstić information content (AvgIpc) is 2.12. The van der Waals surface area contributed by atoms with E-state index < -0.39 is 79.9 Å². The van der Waals surface area contributed by atoms with E-state index in [0.717, 1.165) is 43.1 Å². The fourth-order valence-corrected chi connectivity index (χ4v) is 16.5. The average molecular weight is 1160 g/mol. The number of methoxy groups -OCH3 is 1. The van der Waals surface area contributed by atoms with Crippen molar-refractivity contribution in [2.45, 2.75) is 151 Å². The van der Waals surface area contributed by atoms with Crippen LogP contribution in [0.15, 0.2) is 205 Å². The zero-order chi connectivity index (χ0) is 58.2. The lowest BCUT2D eigenvalue weighted by Gasteiger charge is -2.50. The summed E-state index contributed by atoms with van der Waals surface area (Å²) in [6, 6.07) is 66.6. The van der Waals surface area contributed by atoms with Gasteiger partial charge in [-0.1, -0.05) is 214 Å². The van der Waals surface area contributed by atoms with E-state index in [-0.39, 0.29) is 45.1 Å². The van der Waals surface area contributed by atoms with Crippen LogP contribution >= 0.6 is 11.8 Å². The van der Waals surface area contributed by atoms with E-state index in [9.17, 15) is 9.59 Å². The molecule has 0 bridgehead atoms. The molecule has 0 aromatic heterocycles. The molecule has 14 heteroatoms. The summed E-state index contributed by atoms with van der Waals surface area (Å²) in [7, 11) is -1.61. The number of ketones is 1. The lowest BCUT2D eigenvalue weighted by atomic mass is 9.97. The number of Topliss-reactive ketones (excluding diaryl/α,β-unsaturated/α-hetero) is 1. The number of carbonyl (C=O) groups is 2. The zero-order valence-corrected chi connectivity index (χ0v) is 50.4. The molecular weight excluding hydrogens is 1080 g/mol. The zero-order valence-electron chi connectivity index (χ0n) is 48.6. The number of hydrogen-bond donors (Lipinski definition) is 0. The second-order valence-electron chi connectivity index (χ2n) is 22.3. The molecule has 0 radical (unpaired) electrons. The molecule has 2 aliphatic heterocycles. The topological polar surface area (TPSA) is 126 Å². The van der Waals surface area contributed by atoms with Crippen molar-refractivity contribution < 1.29 is 56.6 Å². The molecule has 12 nitrogen and oxygen atoms in total. The number of aryl methyl sites for hydroxylation is 1. The maximum Gasteiger partial charge on any atom is 0.306 e. The fourth-order valence-electron chi connectivity index (χ4n) is 10.8. The summed E-state index contributed by atoms with van der Waals surface area (Å²) in [5.74, 6) is -0.0459. The standard InChI is InChI=1S/C69H78O12SSi/c1-48-33-40-56(41-34-48)82-68-66(81-67-65(76-45-53-27-17-10-18-28-53)63(74-44-52-25-15-9-16-26-52)61(50(3)78-67)73-43-51-23-13-8-14-24-51)64(75-46-54-36-38-55(72-7)39-37-54)62(80-60(71)42-35-49(2)70)59(79-68)47-77-83(69(4,5)6,57-29-19-11-20-30-57)58-31-21-12-22-32-58/h8-34,36-41,50,59,61-68H,35,42-47H2,1-7H3/t50-,59+,61+,62-,63+,64-,65-,66+,67-,68-/m0/s1. The van der Waals surface area contributed by atoms with Gasteiger partial charge in [-0.2, -0.15) is 0 Å². The van der Waals surface area contributed by atoms with Gasteiger partial charge in [0.25, 0.3) is 8.32 Å². The molecule has 0 aliphatic carbocycles. The van der Waals surface area contributed by atoms with Crippen molar-refractivity contribution >= 4 is 42.2 Å². The lowest BCUT2D eigenvalue weighted by Crippen LogP contribution is -2.69. The summed E-state index contributed by atoms with van der Waals surface area (Å²) in [6.45, 7) is 12.9. The molecule has 2 saturated heterocycles. The first-order chi connectivity index (χ1) is 40.3. The van der Waals surface area contributed by atoms with Gasteiger partial charge in [-0.15, -0.1) is 0 Å². The highest BCUT2D eigenvalue weighted by molar-refractivity contribution is 7.99. The van der Waals surface area contributed by atoms with Gasteiger partial charge in [0, 0.05) is 11.3 Å². The van der Waals surface area contributed by atoms with Crippen LogP contribution in [0.2, 0.25) is 5.04 Å². The summed E-state index contributed by atoms with van der Waals surface area (Å²) < 4.78 is 70.3. The van der Waals surface area contributed by atoms with Crippen LogP contribution in [0.1, 0.15) is 75.3 Å². The fraction of sp³-hybridized carbons (Fsp3) is 0.362. The van der Waals surface area contributed by atoms with Crippen LogP contribution in [0.4, 0.5) is 0 Å². The normalized spacial score (nSPS) is 22.8. The molecule has 0 saturated carbocycles. The molecule has 436 valence electrons. The molecule has 7 aromatic rings. The largest absolute Gasteiger partial charge is 0.497 e. The molecule has 7 aromatic carbocycles. The Bertz CT molecular complexity index is 3020. The molecule has 9 rings (SSSR count). The summed E-state index contributed by atoms with van der Waals surface area (Å²) in [5, 5.41) is 1.74. The van der Waals surface area contributed by atoms with Crippen molar-refractivity contribution in [2.75, 3.05) is 13.7 Å². The second-order valence-corrected chi connectivity index (χ2v) is 27.8. The highest BCUT2D eigenvalue weighted by atomic mass is 32.2. The van der Waals surface area contributed by atoms with E-state index in [1.54, 1.807) is 7.11 Å². The van der Waals surface area contributed by atoms with Gasteiger partial charge in [0.15, 0.2) is 12.4 Å². The predicted octanol–water partition coefficient (Wildman–Crippen LogP) is 12.1. The van der Waals surface area contributed by atoms with Crippen LogP contribution in [0, 0.1) is 6.92 Å². The highest BCUT2D eigenvalue weighted by Gasteiger charge is 2.57. The van der Waals surface area contributed by atoms with Crippen LogP contribution < -0.4 is 15.1 Å². The Labute approximate surface area is 495 Å². The van der Waals surface area contributed by atoms with Crippen LogP contribution in [0.5, 0.6) is 5.75 Å². The van der Waals surface area contributed by atoms with Crippen molar-refractivity contribution in [3.63, 3.8) is 0 Å². The third-order valence-corrected chi connectivity index (χ3v) is 21.3.